The van der Waals surface area contributed by atoms with Gasteiger partial charge < -0.3 is 9.47 Å². The third-order valence-corrected chi connectivity index (χ3v) is 5.01. The molecule has 0 aromatic heterocycles. The van der Waals surface area contributed by atoms with Gasteiger partial charge in [-0.05, 0) is 31.6 Å². The number of benzene rings is 1. The average Bonchev–Trinajstić information content (AvgIpc) is 3.31. The highest BCUT2D eigenvalue weighted by molar-refractivity contribution is 5.69. The number of ether oxygens (including phenoxy) is 2. The Balaban J connectivity index is 1.70. The first-order valence-corrected chi connectivity index (χ1v) is 9.55. The van der Waals surface area contributed by atoms with Crippen LogP contribution in [0.2, 0.25) is 0 Å². The molecule has 0 N–H and O–H groups in total. The molecule has 1 aromatic carbocycles. The maximum absolute atomic E-state index is 9.64. The summed E-state index contributed by atoms with van der Waals surface area (Å²) < 4.78 is 11.7. The van der Waals surface area contributed by atoms with Gasteiger partial charge in [-0.25, -0.2) is 0 Å². The quantitative estimate of drug-likeness (QED) is 0.518. The van der Waals surface area contributed by atoms with Crippen LogP contribution in [-0.4, -0.2) is 5.60 Å². The minimum absolute atomic E-state index is 0.0308. The summed E-state index contributed by atoms with van der Waals surface area (Å²) in [6.45, 7) is 3.59. The maximum atomic E-state index is 9.64. The van der Waals surface area contributed by atoms with Crippen molar-refractivity contribution in [1.29, 1.82) is 15.8 Å². The minimum atomic E-state index is -0.845. The standard InChI is InChI=1S/C26H16N3O2/c1-26(2)22(21(16-29)25(31-26)20(14-27)15-28)10-8-17-9-11-23-19(12-17)13-24(30-23)18-6-4-3-5-7-18/h3-12H,1-2H3/b10-8+. The van der Waals surface area contributed by atoms with E-state index in [1.165, 1.54) is 0 Å². The summed E-state index contributed by atoms with van der Waals surface area (Å²) in [6.07, 6.45) is 10.1. The molecular formula is C26H16N3O2. The highest BCUT2D eigenvalue weighted by atomic mass is 16.5. The van der Waals surface area contributed by atoms with E-state index in [-0.39, 0.29) is 16.9 Å². The molecule has 0 fully saturated rings. The molecule has 0 atom stereocenters. The summed E-state index contributed by atoms with van der Waals surface area (Å²) in [5.41, 5.74) is 5.72. The van der Waals surface area contributed by atoms with E-state index in [9.17, 15) is 15.8 Å². The van der Waals surface area contributed by atoms with E-state index in [0.717, 1.165) is 22.8 Å². The molecule has 5 heteroatoms. The molecule has 0 bridgehead atoms. The van der Waals surface area contributed by atoms with Crippen LogP contribution in [-0.2, 0) is 9.47 Å². The van der Waals surface area contributed by atoms with E-state index in [1.807, 2.05) is 54.6 Å². The topological polar surface area (TPSA) is 89.8 Å². The third-order valence-electron chi connectivity index (χ3n) is 5.01. The fraction of sp³-hybridized carbons (Fsp3) is 0.115. The number of nitriles is 3. The van der Waals surface area contributed by atoms with Gasteiger partial charge in [0.05, 0.1) is 5.57 Å². The van der Waals surface area contributed by atoms with E-state index in [1.54, 1.807) is 32.1 Å². The van der Waals surface area contributed by atoms with Crippen LogP contribution in [0.25, 0.3) is 5.76 Å². The zero-order chi connectivity index (χ0) is 22.0. The van der Waals surface area contributed by atoms with Crippen LogP contribution >= 0.6 is 0 Å². The molecule has 0 saturated heterocycles. The summed E-state index contributed by atoms with van der Waals surface area (Å²) in [7, 11) is 0. The molecular weight excluding hydrogens is 386 g/mol. The van der Waals surface area contributed by atoms with Gasteiger partial charge >= 0.3 is 0 Å². The Labute approximate surface area is 180 Å². The van der Waals surface area contributed by atoms with Crippen molar-refractivity contribution in [2.24, 2.45) is 0 Å². The molecule has 4 rings (SSSR count). The van der Waals surface area contributed by atoms with Crippen LogP contribution < -0.4 is 0 Å². The SMILES string of the molecule is CC1(C)OC(=C(C#N)C#N)C(C#N)=C1/C=C/C1=CC2=C=C(c3ccccc3)O[C]2C=C1. The Kier molecular flexibility index (Phi) is 4.94. The zero-order valence-electron chi connectivity index (χ0n) is 16.9. The average molecular weight is 402 g/mol. The summed E-state index contributed by atoms with van der Waals surface area (Å²) in [5.74, 6) is 0.704. The van der Waals surface area contributed by atoms with Crippen molar-refractivity contribution < 1.29 is 9.47 Å². The number of rotatable bonds is 3. The van der Waals surface area contributed by atoms with Gasteiger partial charge in [0.2, 0.25) is 6.10 Å². The van der Waals surface area contributed by atoms with Gasteiger partial charge in [0.1, 0.15) is 29.4 Å². The minimum Gasteiger partial charge on any atom is -0.480 e. The molecule has 5 nitrogen and oxygen atoms in total. The highest BCUT2D eigenvalue weighted by Crippen LogP contribution is 2.41. The summed E-state index contributed by atoms with van der Waals surface area (Å²) in [6, 6.07) is 15.4. The lowest BCUT2D eigenvalue weighted by Gasteiger charge is -2.20. The molecule has 31 heavy (non-hydrogen) atoms. The monoisotopic (exact) mass is 402 g/mol. The molecule has 1 radical (unpaired) electrons. The van der Waals surface area contributed by atoms with Gasteiger partial charge in [-0.3, -0.25) is 0 Å². The predicted molar refractivity (Wildman–Crippen MR) is 114 cm³/mol. The van der Waals surface area contributed by atoms with Crippen molar-refractivity contribution in [1.82, 2.24) is 0 Å². The molecule has 147 valence electrons. The summed E-state index contributed by atoms with van der Waals surface area (Å²) >= 11 is 0. The molecule has 3 aliphatic rings. The Morgan fingerprint density at radius 2 is 1.77 bits per heavy atom. The van der Waals surface area contributed by atoms with Gasteiger partial charge in [-0.15, -0.1) is 0 Å². The normalized spacial score (nSPS) is 18.8. The number of allylic oxidation sites excluding steroid dienone is 5. The number of nitrogens with zero attached hydrogens (tertiary/aromatic N) is 3. The fourth-order valence-electron chi connectivity index (χ4n) is 3.48. The van der Waals surface area contributed by atoms with Crippen LogP contribution in [0.4, 0.5) is 0 Å². The molecule has 0 saturated carbocycles. The van der Waals surface area contributed by atoms with Gasteiger partial charge in [0.25, 0.3) is 0 Å². The van der Waals surface area contributed by atoms with Crippen molar-refractivity contribution in [3.63, 3.8) is 0 Å². The van der Waals surface area contributed by atoms with Crippen molar-refractivity contribution in [3.8, 4) is 18.2 Å². The zero-order valence-corrected chi connectivity index (χ0v) is 16.9. The lowest BCUT2D eigenvalue weighted by atomic mass is 9.93. The number of fused-ring (bicyclic) bond motifs is 1. The van der Waals surface area contributed by atoms with Crippen molar-refractivity contribution >= 4 is 5.76 Å². The second-order valence-electron chi connectivity index (χ2n) is 7.45. The van der Waals surface area contributed by atoms with E-state index in [0.29, 0.717) is 11.3 Å². The highest BCUT2D eigenvalue weighted by Gasteiger charge is 2.38. The Morgan fingerprint density at radius 3 is 2.45 bits per heavy atom. The summed E-state index contributed by atoms with van der Waals surface area (Å²) in [5, 5.41) is 28.0. The fourth-order valence-corrected chi connectivity index (χ4v) is 3.48. The first-order chi connectivity index (χ1) is 15.0. The molecule has 0 spiro atoms. The van der Waals surface area contributed by atoms with Crippen LogP contribution in [0.15, 0.2) is 100 Å². The van der Waals surface area contributed by atoms with Gasteiger partial charge in [0.15, 0.2) is 17.1 Å². The van der Waals surface area contributed by atoms with Crippen molar-refractivity contribution in [3.05, 3.63) is 112 Å². The van der Waals surface area contributed by atoms with Gasteiger partial charge in [0, 0.05) is 11.1 Å². The summed E-state index contributed by atoms with van der Waals surface area (Å²) in [4.78, 5) is 0. The van der Waals surface area contributed by atoms with E-state index >= 15 is 0 Å². The Morgan fingerprint density at radius 1 is 1.03 bits per heavy atom. The number of hydrogen-bond donors (Lipinski definition) is 0. The van der Waals surface area contributed by atoms with E-state index in [2.05, 4.69) is 11.8 Å². The van der Waals surface area contributed by atoms with Crippen LogP contribution in [0.5, 0.6) is 0 Å². The maximum Gasteiger partial charge on any atom is 0.208 e. The molecule has 2 heterocycles. The van der Waals surface area contributed by atoms with Gasteiger partial charge in [-0.2, -0.15) is 15.8 Å². The molecule has 1 aromatic rings. The molecule has 0 unspecified atom stereocenters. The largest absolute Gasteiger partial charge is 0.480 e. The van der Waals surface area contributed by atoms with Gasteiger partial charge in [-0.1, -0.05) is 54.3 Å². The molecule has 1 aliphatic carbocycles. The lowest BCUT2D eigenvalue weighted by Crippen LogP contribution is -2.20. The van der Waals surface area contributed by atoms with Crippen LogP contribution in [0.1, 0.15) is 19.4 Å². The first-order valence-electron chi connectivity index (χ1n) is 9.55. The second-order valence-corrected chi connectivity index (χ2v) is 7.45. The smallest absolute Gasteiger partial charge is 0.208 e. The molecule has 0 amide bonds. The van der Waals surface area contributed by atoms with E-state index in [4.69, 9.17) is 9.47 Å². The number of hydrogen-bond acceptors (Lipinski definition) is 5. The van der Waals surface area contributed by atoms with Crippen molar-refractivity contribution in [2.75, 3.05) is 0 Å². The lowest BCUT2D eigenvalue weighted by molar-refractivity contribution is 0.0954. The second kappa shape index (κ2) is 7.74. The molecule has 2 aliphatic heterocycles. The first kappa shape index (κ1) is 19.8. The van der Waals surface area contributed by atoms with Crippen molar-refractivity contribution in [2.45, 2.75) is 19.4 Å². The van der Waals surface area contributed by atoms with Crippen LogP contribution in [0.3, 0.4) is 0 Å². The Hall–Kier alpha value is -4.49. The van der Waals surface area contributed by atoms with E-state index < -0.39 is 5.60 Å². The Bertz CT molecular complexity index is 1290. The van der Waals surface area contributed by atoms with Crippen LogP contribution in [0, 0.1) is 40.1 Å². The third kappa shape index (κ3) is 3.61. The predicted octanol–water partition coefficient (Wildman–Crippen LogP) is 5.10.